The molecule has 0 spiro atoms. The highest BCUT2D eigenvalue weighted by Gasteiger charge is 2.18. The molecule has 0 aliphatic carbocycles. The Morgan fingerprint density at radius 1 is 1.26 bits per heavy atom. The average molecular weight is 322 g/mol. The highest BCUT2D eigenvalue weighted by Crippen LogP contribution is 2.27. The van der Waals surface area contributed by atoms with Crippen molar-refractivity contribution < 1.29 is 19.4 Å². The Balaban J connectivity index is 1.73. The third-order valence-corrected chi connectivity index (χ3v) is 4.11. The van der Waals surface area contributed by atoms with Gasteiger partial charge in [0.1, 0.15) is 0 Å². The number of benzene rings is 1. The van der Waals surface area contributed by atoms with Gasteiger partial charge in [-0.2, -0.15) is 0 Å². The first-order valence-electron chi connectivity index (χ1n) is 8.00. The molecule has 1 fully saturated rings. The molecule has 0 atom stereocenters. The molecule has 1 aliphatic rings. The number of nitrogens with zero attached hydrogens (tertiary/aromatic N) is 1. The second-order valence-corrected chi connectivity index (χ2v) is 5.80. The summed E-state index contributed by atoms with van der Waals surface area (Å²) < 4.78 is 10.5. The quantitative estimate of drug-likeness (QED) is 0.778. The molecule has 6 nitrogen and oxygen atoms in total. The summed E-state index contributed by atoms with van der Waals surface area (Å²) in [6.07, 6.45) is 2.03. The van der Waals surface area contributed by atoms with Gasteiger partial charge < -0.3 is 19.9 Å². The van der Waals surface area contributed by atoms with E-state index in [1.54, 1.807) is 14.2 Å². The van der Waals surface area contributed by atoms with Crippen LogP contribution in [0.1, 0.15) is 18.4 Å². The second-order valence-electron chi connectivity index (χ2n) is 5.80. The van der Waals surface area contributed by atoms with Crippen molar-refractivity contribution in [3.8, 4) is 11.5 Å². The largest absolute Gasteiger partial charge is 0.493 e. The summed E-state index contributed by atoms with van der Waals surface area (Å²) in [5.74, 6) is 1.43. The zero-order chi connectivity index (χ0) is 16.7. The number of nitrogens with one attached hydrogen (secondary N) is 1. The minimum atomic E-state index is -0.209. The summed E-state index contributed by atoms with van der Waals surface area (Å²) >= 11 is 0. The van der Waals surface area contributed by atoms with E-state index in [0.717, 1.165) is 37.9 Å². The lowest BCUT2D eigenvalue weighted by atomic mass is 10.1. The molecular weight excluding hydrogens is 296 g/mol. The van der Waals surface area contributed by atoms with Gasteiger partial charge in [0.15, 0.2) is 11.5 Å². The Bertz CT molecular complexity index is 513. The van der Waals surface area contributed by atoms with E-state index in [9.17, 15) is 9.90 Å². The highest BCUT2D eigenvalue weighted by atomic mass is 16.5. The number of hydrogen-bond acceptors (Lipinski definition) is 5. The Morgan fingerprint density at radius 3 is 2.61 bits per heavy atom. The number of carbonyl (C=O) groups is 1. The first kappa shape index (κ1) is 17.6. The van der Waals surface area contributed by atoms with E-state index in [2.05, 4.69) is 10.2 Å². The van der Waals surface area contributed by atoms with E-state index in [0.29, 0.717) is 24.6 Å². The molecule has 2 N–H and O–H groups in total. The van der Waals surface area contributed by atoms with Crippen LogP contribution in [0.2, 0.25) is 0 Å². The Labute approximate surface area is 137 Å². The topological polar surface area (TPSA) is 71.0 Å². The maximum atomic E-state index is 11.9. The van der Waals surface area contributed by atoms with Gasteiger partial charge in [-0.25, -0.2) is 0 Å². The van der Waals surface area contributed by atoms with E-state index >= 15 is 0 Å². The minimum absolute atomic E-state index is 0.0295. The molecule has 0 unspecified atom stereocenters. The highest BCUT2D eigenvalue weighted by molar-refractivity contribution is 5.78. The summed E-state index contributed by atoms with van der Waals surface area (Å²) in [6, 6.07) is 5.77. The van der Waals surface area contributed by atoms with Gasteiger partial charge in [0.25, 0.3) is 0 Å². The fourth-order valence-electron chi connectivity index (χ4n) is 2.72. The maximum absolute atomic E-state index is 11.9. The third kappa shape index (κ3) is 5.41. The van der Waals surface area contributed by atoms with Crippen LogP contribution in [0.3, 0.4) is 0 Å². The van der Waals surface area contributed by atoms with Gasteiger partial charge in [0, 0.05) is 19.6 Å². The number of methoxy groups -OCH3 is 2. The van der Waals surface area contributed by atoms with Crippen LogP contribution in [0.25, 0.3) is 0 Å². The predicted molar refractivity (Wildman–Crippen MR) is 87.9 cm³/mol. The zero-order valence-corrected chi connectivity index (χ0v) is 13.9. The molecule has 1 aromatic carbocycles. The Kier molecular flexibility index (Phi) is 6.67. The average Bonchev–Trinajstić information content (AvgIpc) is 2.56. The number of aliphatic hydroxyl groups is 1. The van der Waals surface area contributed by atoms with Crippen molar-refractivity contribution in [1.82, 2.24) is 10.2 Å². The van der Waals surface area contributed by atoms with E-state index in [1.807, 2.05) is 18.2 Å². The number of hydrogen-bond donors (Lipinski definition) is 2. The molecule has 1 saturated heterocycles. The molecule has 2 rings (SSSR count). The Hall–Kier alpha value is -1.79. The van der Waals surface area contributed by atoms with Crippen LogP contribution < -0.4 is 14.8 Å². The first-order valence-corrected chi connectivity index (χ1v) is 8.00. The number of aliphatic hydroxyl groups excluding tert-OH is 1. The molecule has 0 aromatic heterocycles. The standard InChI is InChI=1S/C17H26N2O4/c1-22-15-4-3-13(11-16(15)23-2)5-8-18-17(21)12-19-9-6-14(20)7-10-19/h3-4,11,14,20H,5-10,12H2,1-2H3,(H,18,21). The summed E-state index contributed by atoms with van der Waals surface area (Å²) in [5.41, 5.74) is 1.09. The molecular formula is C17H26N2O4. The Morgan fingerprint density at radius 2 is 1.96 bits per heavy atom. The summed E-state index contributed by atoms with van der Waals surface area (Å²) in [7, 11) is 3.22. The third-order valence-electron chi connectivity index (χ3n) is 4.11. The monoisotopic (exact) mass is 322 g/mol. The fourth-order valence-corrected chi connectivity index (χ4v) is 2.72. The maximum Gasteiger partial charge on any atom is 0.234 e. The predicted octanol–water partition coefficient (Wildman–Crippen LogP) is 0.819. The van der Waals surface area contributed by atoms with Gasteiger partial charge in [-0.15, -0.1) is 0 Å². The number of ether oxygens (including phenoxy) is 2. The smallest absolute Gasteiger partial charge is 0.234 e. The second kappa shape index (κ2) is 8.74. The van der Waals surface area contributed by atoms with Crippen LogP contribution in [-0.4, -0.2) is 62.4 Å². The number of amides is 1. The number of likely N-dealkylation sites (tertiary alicyclic amines) is 1. The van der Waals surface area contributed by atoms with Crippen molar-refractivity contribution in [2.45, 2.75) is 25.4 Å². The lowest BCUT2D eigenvalue weighted by molar-refractivity contribution is -0.122. The number of rotatable bonds is 7. The van der Waals surface area contributed by atoms with Crippen molar-refractivity contribution >= 4 is 5.91 Å². The normalized spacial score (nSPS) is 16.1. The van der Waals surface area contributed by atoms with Crippen LogP contribution >= 0.6 is 0 Å². The molecule has 6 heteroatoms. The minimum Gasteiger partial charge on any atom is -0.493 e. The van der Waals surface area contributed by atoms with Gasteiger partial charge >= 0.3 is 0 Å². The summed E-state index contributed by atoms with van der Waals surface area (Å²) in [6.45, 7) is 2.55. The van der Waals surface area contributed by atoms with Crippen LogP contribution in [0.4, 0.5) is 0 Å². The SMILES string of the molecule is COc1ccc(CCNC(=O)CN2CCC(O)CC2)cc1OC. The molecule has 1 amide bonds. The van der Waals surface area contributed by atoms with Crippen LogP contribution in [0, 0.1) is 0 Å². The molecule has 1 aromatic rings. The molecule has 0 bridgehead atoms. The van der Waals surface area contributed by atoms with Crippen LogP contribution in [0.5, 0.6) is 11.5 Å². The van der Waals surface area contributed by atoms with Crippen molar-refractivity contribution in [1.29, 1.82) is 0 Å². The van der Waals surface area contributed by atoms with E-state index in [1.165, 1.54) is 0 Å². The summed E-state index contributed by atoms with van der Waals surface area (Å²) in [4.78, 5) is 14.0. The molecule has 0 radical (unpaired) electrons. The van der Waals surface area contributed by atoms with Gasteiger partial charge in [-0.3, -0.25) is 9.69 Å². The van der Waals surface area contributed by atoms with Crippen LogP contribution in [0.15, 0.2) is 18.2 Å². The lowest BCUT2D eigenvalue weighted by Crippen LogP contribution is -2.42. The number of piperidine rings is 1. The van der Waals surface area contributed by atoms with E-state index in [4.69, 9.17) is 9.47 Å². The van der Waals surface area contributed by atoms with Gasteiger partial charge in [0.2, 0.25) is 5.91 Å². The van der Waals surface area contributed by atoms with Gasteiger partial charge in [0.05, 0.1) is 26.9 Å². The van der Waals surface area contributed by atoms with E-state index in [-0.39, 0.29) is 12.0 Å². The zero-order valence-electron chi connectivity index (χ0n) is 13.9. The summed E-state index contributed by atoms with van der Waals surface area (Å²) in [5, 5.41) is 12.4. The molecule has 23 heavy (non-hydrogen) atoms. The van der Waals surface area contributed by atoms with Crippen molar-refractivity contribution in [3.63, 3.8) is 0 Å². The van der Waals surface area contributed by atoms with Crippen molar-refractivity contribution in [2.75, 3.05) is 40.4 Å². The first-order chi connectivity index (χ1) is 11.1. The molecule has 128 valence electrons. The van der Waals surface area contributed by atoms with Gasteiger partial charge in [-0.05, 0) is 37.0 Å². The molecule has 1 heterocycles. The molecule has 1 aliphatic heterocycles. The van der Waals surface area contributed by atoms with Gasteiger partial charge in [-0.1, -0.05) is 6.07 Å². The van der Waals surface area contributed by atoms with Crippen molar-refractivity contribution in [2.24, 2.45) is 0 Å². The van der Waals surface area contributed by atoms with Crippen LogP contribution in [-0.2, 0) is 11.2 Å². The van der Waals surface area contributed by atoms with E-state index < -0.39 is 0 Å². The lowest BCUT2D eigenvalue weighted by Gasteiger charge is -2.28. The fraction of sp³-hybridized carbons (Fsp3) is 0.588. The molecule has 0 saturated carbocycles. The van der Waals surface area contributed by atoms with Crippen molar-refractivity contribution in [3.05, 3.63) is 23.8 Å². The number of carbonyl (C=O) groups excluding carboxylic acids is 1.